The minimum absolute atomic E-state index is 0.933. The lowest BCUT2D eigenvalue weighted by Gasteiger charge is -2.25. The monoisotopic (exact) mass is 150 g/mol. The summed E-state index contributed by atoms with van der Waals surface area (Å²) < 4.78 is 2.25. The van der Waals surface area contributed by atoms with E-state index in [0.717, 1.165) is 11.7 Å². The topological polar surface area (TPSA) is 17.8 Å². The molecule has 1 aliphatic carbocycles. The van der Waals surface area contributed by atoms with E-state index in [2.05, 4.69) is 22.7 Å². The first-order valence-corrected chi connectivity index (χ1v) is 4.34. The van der Waals surface area contributed by atoms with Gasteiger partial charge in [-0.15, -0.1) is 0 Å². The summed E-state index contributed by atoms with van der Waals surface area (Å²) in [6.07, 6.45) is 8.22. The zero-order chi connectivity index (χ0) is 7.68. The SMILES string of the molecule is Cc1nccn1CC1CCC1. The fourth-order valence-electron chi connectivity index (χ4n) is 1.55. The van der Waals surface area contributed by atoms with E-state index < -0.39 is 0 Å². The van der Waals surface area contributed by atoms with E-state index in [1.54, 1.807) is 0 Å². The molecule has 2 rings (SSSR count). The first kappa shape index (κ1) is 6.89. The van der Waals surface area contributed by atoms with Gasteiger partial charge < -0.3 is 4.57 Å². The van der Waals surface area contributed by atoms with Crippen molar-refractivity contribution in [2.45, 2.75) is 32.7 Å². The fraction of sp³-hybridized carbons (Fsp3) is 0.667. The van der Waals surface area contributed by atoms with Gasteiger partial charge in [-0.2, -0.15) is 0 Å². The highest BCUT2D eigenvalue weighted by Crippen LogP contribution is 2.27. The third-order valence-corrected chi connectivity index (χ3v) is 2.60. The summed E-state index contributed by atoms with van der Waals surface area (Å²) in [5.74, 6) is 2.08. The zero-order valence-electron chi connectivity index (χ0n) is 6.95. The summed E-state index contributed by atoms with van der Waals surface area (Å²) >= 11 is 0. The van der Waals surface area contributed by atoms with Gasteiger partial charge in [0.2, 0.25) is 0 Å². The number of imidazole rings is 1. The molecule has 1 saturated carbocycles. The Morgan fingerprint density at radius 2 is 2.45 bits per heavy atom. The Balaban J connectivity index is 1.99. The maximum absolute atomic E-state index is 4.19. The smallest absolute Gasteiger partial charge is 0.105 e. The van der Waals surface area contributed by atoms with Crippen LogP contribution in [-0.4, -0.2) is 9.55 Å². The van der Waals surface area contributed by atoms with Crippen molar-refractivity contribution in [3.05, 3.63) is 18.2 Å². The van der Waals surface area contributed by atoms with Crippen LogP contribution in [0.4, 0.5) is 0 Å². The summed E-state index contributed by atoms with van der Waals surface area (Å²) in [4.78, 5) is 4.19. The molecule has 0 radical (unpaired) electrons. The van der Waals surface area contributed by atoms with Crippen molar-refractivity contribution < 1.29 is 0 Å². The molecule has 0 saturated heterocycles. The highest BCUT2D eigenvalue weighted by atomic mass is 15.1. The molecule has 1 fully saturated rings. The molecule has 1 heterocycles. The highest BCUT2D eigenvalue weighted by Gasteiger charge is 2.17. The Bertz CT molecular complexity index is 235. The van der Waals surface area contributed by atoms with Crippen LogP contribution in [0.2, 0.25) is 0 Å². The Labute approximate surface area is 67.3 Å². The van der Waals surface area contributed by atoms with Crippen molar-refractivity contribution in [3.8, 4) is 0 Å². The van der Waals surface area contributed by atoms with Crippen LogP contribution in [-0.2, 0) is 6.54 Å². The molecule has 1 aliphatic rings. The number of rotatable bonds is 2. The van der Waals surface area contributed by atoms with Crippen molar-refractivity contribution in [1.29, 1.82) is 0 Å². The Kier molecular flexibility index (Phi) is 1.68. The summed E-state index contributed by atoms with van der Waals surface area (Å²) in [5.41, 5.74) is 0. The lowest BCUT2D eigenvalue weighted by atomic mass is 9.85. The van der Waals surface area contributed by atoms with Crippen molar-refractivity contribution in [2.75, 3.05) is 0 Å². The van der Waals surface area contributed by atoms with Gasteiger partial charge in [0.1, 0.15) is 5.82 Å². The molecule has 0 amide bonds. The highest BCUT2D eigenvalue weighted by molar-refractivity contribution is 4.89. The first-order chi connectivity index (χ1) is 5.36. The summed E-state index contributed by atoms with van der Waals surface area (Å²) in [7, 11) is 0. The Morgan fingerprint density at radius 1 is 1.64 bits per heavy atom. The molecule has 0 aliphatic heterocycles. The quantitative estimate of drug-likeness (QED) is 0.630. The average Bonchev–Trinajstić information content (AvgIpc) is 2.27. The number of aryl methyl sites for hydroxylation is 1. The van der Waals surface area contributed by atoms with Crippen LogP contribution in [0, 0.1) is 12.8 Å². The molecule has 60 valence electrons. The average molecular weight is 150 g/mol. The van der Waals surface area contributed by atoms with Gasteiger partial charge in [-0.3, -0.25) is 0 Å². The van der Waals surface area contributed by atoms with E-state index in [1.165, 1.54) is 25.8 Å². The van der Waals surface area contributed by atoms with E-state index in [4.69, 9.17) is 0 Å². The van der Waals surface area contributed by atoms with Crippen molar-refractivity contribution in [1.82, 2.24) is 9.55 Å². The van der Waals surface area contributed by atoms with Gasteiger partial charge in [0, 0.05) is 18.9 Å². The van der Waals surface area contributed by atoms with E-state index in [1.807, 2.05) is 6.20 Å². The molecule has 0 N–H and O–H groups in total. The number of nitrogens with zero attached hydrogens (tertiary/aromatic N) is 2. The minimum atomic E-state index is 0.933. The molecule has 11 heavy (non-hydrogen) atoms. The number of aromatic nitrogens is 2. The van der Waals surface area contributed by atoms with Crippen molar-refractivity contribution >= 4 is 0 Å². The second-order valence-corrected chi connectivity index (χ2v) is 3.42. The van der Waals surface area contributed by atoms with Crippen LogP contribution < -0.4 is 0 Å². The molecule has 1 aromatic heterocycles. The number of hydrogen-bond acceptors (Lipinski definition) is 1. The normalized spacial score (nSPS) is 18.3. The molecule has 0 aromatic carbocycles. The van der Waals surface area contributed by atoms with Crippen molar-refractivity contribution in [3.63, 3.8) is 0 Å². The fourth-order valence-corrected chi connectivity index (χ4v) is 1.55. The van der Waals surface area contributed by atoms with Gasteiger partial charge in [-0.05, 0) is 25.7 Å². The molecule has 0 atom stereocenters. The van der Waals surface area contributed by atoms with Crippen LogP contribution in [0.5, 0.6) is 0 Å². The van der Waals surface area contributed by atoms with Crippen LogP contribution in [0.1, 0.15) is 25.1 Å². The van der Waals surface area contributed by atoms with E-state index in [0.29, 0.717) is 0 Å². The second-order valence-electron chi connectivity index (χ2n) is 3.42. The van der Waals surface area contributed by atoms with Crippen molar-refractivity contribution in [2.24, 2.45) is 5.92 Å². The maximum atomic E-state index is 4.19. The largest absolute Gasteiger partial charge is 0.335 e. The first-order valence-electron chi connectivity index (χ1n) is 4.34. The number of hydrogen-bond donors (Lipinski definition) is 0. The lowest BCUT2D eigenvalue weighted by Crippen LogP contribution is -2.18. The molecule has 1 aromatic rings. The van der Waals surface area contributed by atoms with Gasteiger partial charge in [0.25, 0.3) is 0 Å². The summed E-state index contributed by atoms with van der Waals surface area (Å²) in [5, 5.41) is 0. The van der Waals surface area contributed by atoms with E-state index in [9.17, 15) is 0 Å². The van der Waals surface area contributed by atoms with Gasteiger partial charge >= 0.3 is 0 Å². The standard InChI is InChI=1S/C9H14N2/c1-8-10-5-6-11(8)7-9-3-2-4-9/h5-6,9H,2-4,7H2,1H3. The van der Waals surface area contributed by atoms with Crippen LogP contribution in [0.3, 0.4) is 0 Å². The molecule has 2 nitrogen and oxygen atoms in total. The molecule has 0 spiro atoms. The predicted octanol–water partition coefficient (Wildman–Crippen LogP) is 1.99. The molecular weight excluding hydrogens is 136 g/mol. The Morgan fingerprint density at radius 3 is 2.91 bits per heavy atom. The van der Waals surface area contributed by atoms with Gasteiger partial charge in [-0.25, -0.2) is 4.98 Å². The summed E-state index contributed by atoms with van der Waals surface area (Å²) in [6, 6.07) is 0. The van der Waals surface area contributed by atoms with E-state index >= 15 is 0 Å². The van der Waals surface area contributed by atoms with Gasteiger partial charge in [0.15, 0.2) is 0 Å². The van der Waals surface area contributed by atoms with Crippen LogP contribution in [0.25, 0.3) is 0 Å². The minimum Gasteiger partial charge on any atom is -0.335 e. The molecule has 0 unspecified atom stereocenters. The van der Waals surface area contributed by atoms with Crippen LogP contribution >= 0.6 is 0 Å². The van der Waals surface area contributed by atoms with Gasteiger partial charge in [0.05, 0.1) is 0 Å². The predicted molar refractivity (Wildman–Crippen MR) is 44.3 cm³/mol. The summed E-state index contributed by atoms with van der Waals surface area (Å²) in [6.45, 7) is 3.25. The Hall–Kier alpha value is -0.790. The molecule has 2 heteroatoms. The van der Waals surface area contributed by atoms with Crippen LogP contribution in [0.15, 0.2) is 12.4 Å². The molecular formula is C9H14N2. The third-order valence-electron chi connectivity index (χ3n) is 2.60. The zero-order valence-corrected chi connectivity index (χ0v) is 6.95. The van der Waals surface area contributed by atoms with E-state index in [-0.39, 0.29) is 0 Å². The third kappa shape index (κ3) is 1.30. The second kappa shape index (κ2) is 2.68. The maximum Gasteiger partial charge on any atom is 0.105 e. The van der Waals surface area contributed by atoms with Gasteiger partial charge in [-0.1, -0.05) is 6.42 Å². The molecule has 0 bridgehead atoms. The lowest BCUT2D eigenvalue weighted by molar-refractivity contribution is 0.275.